The first-order valence-electron chi connectivity index (χ1n) is 7.02. The number of nitrogens with zero attached hydrogens (tertiary/aromatic N) is 2. The van der Waals surface area contributed by atoms with Crippen LogP contribution < -0.4 is 10.2 Å². The molecule has 0 spiro atoms. The van der Waals surface area contributed by atoms with Gasteiger partial charge in [-0.1, -0.05) is 0 Å². The third-order valence-corrected chi connectivity index (χ3v) is 4.92. The Balaban J connectivity index is 1.76. The minimum atomic E-state index is 0.701. The lowest BCUT2D eigenvalue weighted by Gasteiger charge is -2.31. The first-order valence-corrected chi connectivity index (χ1v) is 8.61. The Labute approximate surface area is 131 Å². The fourth-order valence-corrected chi connectivity index (χ4v) is 3.99. The summed E-state index contributed by atoms with van der Waals surface area (Å²) < 4.78 is 2.12. The predicted molar refractivity (Wildman–Crippen MR) is 85.6 cm³/mol. The van der Waals surface area contributed by atoms with Gasteiger partial charge in [-0.3, -0.25) is 0 Å². The van der Waals surface area contributed by atoms with Gasteiger partial charge in [0, 0.05) is 23.3 Å². The monoisotopic (exact) mass is 387 g/mol. The molecule has 1 unspecified atom stereocenters. The molecule has 0 radical (unpaired) electrons. The lowest BCUT2D eigenvalue weighted by Crippen LogP contribution is -2.39. The summed E-state index contributed by atoms with van der Waals surface area (Å²) in [6.45, 7) is 3.46. The zero-order chi connectivity index (χ0) is 13.2. The van der Waals surface area contributed by atoms with Crippen molar-refractivity contribution in [1.82, 2.24) is 10.3 Å². The summed E-state index contributed by atoms with van der Waals surface area (Å²) in [5, 5.41) is 3.51. The Hall–Kier alpha value is -0.130. The maximum Gasteiger partial charge on any atom is 0.143 e. The van der Waals surface area contributed by atoms with Crippen molar-refractivity contribution in [2.24, 2.45) is 5.92 Å². The summed E-state index contributed by atoms with van der Waals surface area (Å²) in [6.07, 6.45) is 7.16. The van der Waals surface area contributed by atoms with E-state index in [0.717, 1.165) is 33.8 Å². The van der Waals surface area contributed by atoms with Crippen LogP contribution >= 0.6 is 31.9 Å². The van der Waals surface area contributed by atoms with Crippen molar-refractivity contribution < 1.29 is 0 Å². The summed E-state index contributed by atoms with van der Waals surface area (Å²) in [5.41, 5.74) is 0. The Morgan fingerprint density at radius 1 is 1.32 bits per heavy atom. The quantitative estimate of drug-likeness (QED) is 0.854. The lowest BCUT2D eigenvalue weighted by molar-refractivity contribution is 0.375. The first-order chi connectivity index (χ1) is 9.24. The largest absolute Gasteiger partial charge is 0.352 e. The highest BCUT2D eigenvalue weighted by atomic mass is 79.9. The van der Waals surface area contributed by atoms with Gasteiger partial charge in [-0.05, 0) is 82.6 Å². The van der Waals surface area contributed by atoms with Crippen LogP contribution in [-0.2, 0) is 0 Å². The van der Waals surface area contributed by atoms with Gasteiger partial charge in [0.2, 0.25) is 0 Å². The average Bonchev–Trinajstić information content (AvgIpc) is 3.22. The van der Waals surface area contributed by atoms with Crippen LogP contribution in [0.3, 0.4) is 0 Å². The summed E-state index contributed by atoms with van der Waals surface area (Å²) in [7, 11) is 0. The van der Waals surface area contributed by atoms with E-state index < -0.39 is 0 Å². The maximum atomic E-state index is 4.62. The third kappa shape index (κ3) is 3.50. The SMILES string of the molecule is Brc1cnc(N(CC2CCCNC2)C2CC2)c(Br)c1. The third-order valence-electron chi connectivity index (χ3n) is 3.90. The van der Waals surface area contributed by atoms with E-state index in [1.165, 1.54) is 32.2 Å². The topological polar surface area (TPSA) is 28.2 Å². The minimum Gasteiger partial charge on any atom is -0.352 e. The van der Waals surface area contributed by atoms with E-state index in [4.69, 9.17) is 0 Å². The van der Waals surface area contributed by atoms with Crippen LogP contribution in [0.25, 0.3) is 0 Å². The zero-order valence-corrected chi connectivity index (χ0v) is 14.1. The highest BCUT2D eigenvalue weighted by Gasteiger charge is 2.32. The summed E-state index contributed by atoms with van der Waals surface area (Å²) in [5.74, 6) is 1.86. The molecular weight excluding hydrogens is 370 g/mol. The standard InChI is InChI=1S/C14H19Br2N3/c15-11-6-13(16)14(18-8-11)19(12-3-4-12)9-10-2-1-5-17-7-10/h6,8,10,12,17H,1-5,7,9H2. The molecule has 1 atom stereocenters. The van der Waals surface area contributed by atoms with Crippen molar-refractivity contribution in [3.63, 3.8) is 0 Å². The molecule has 1 aromatic rings. The van der Waals surface area contributed by atoms with Crippen molar-refractivity contribution in [3.05, 3.63) is 21.2 Å². The summed E-state index contributed by atoms with van der Waals surface area (Å²) in [6, 6.07) is 2.79. The molecule has 2 aliphatic rings. The molecule has 3 rings (SSSR count). The molecule has 1 aromatic heterocycles. The molecule has 0 aromatic carbocycles. The molecule has 1 saturated carbocycles. The molecule has 2 fully saturated rings. The Morgan fingerprint density at radius 3 is 2.79 bits per heavy atom. The van der Waals surface area contributed by atoms with Crippen molar-refractivity contribution >= 4 is 37.7 Å². The number of rotatable bonds is 4. The van der Waals surface area contributed by atoms with Crippen LogP contribution in [0, 0.1) is 5.92 Å². The number of hydrogen-bond acceptors (Lipinski definition) is 3. The van der Waals surface area contributed by atoms with E-state index in [-0.39, 0.29) is 0 Å². The van der Waals surface area contributed by atoms with Gasteiger partial charge in [0.25, 0.3) is 0 Å². The van der Waals surface area contributed by atoms with E-state index >= 15 is 0 Å². The fourth-order valence-electron chi connectivity index (χ4n) is 2.77. The van der Waals surface area contributed by atoms with Gasteiger partial charge in [0.1, 0.15) is 5.82 Å². The van der Waals surface area contributed by atoms with Gasteiger partial charge >= 0.3 is 0 Å². The fraction of sp³-hybridized carbons (Fsp3) is 0.643. The molecule has 2 heterocycles. The van der Waals surface area contributed by atoms with Crippen molar-refractivity contribution in [1.29, 1.82) is 0 Å². The number of pyridine rings is 1. The molecule has 1 aliphatic heterocycles. The van der Waals surface area contributed by atoms with E-state index in [1.807, 2.05) is 6.20 Å². The van der Waals surface area contributed by atoms with Gasteiger partial charge < -0.3 is 10.2 Å². The Kier molecular flexibility index (Phi) is 4.44. The first kappa shape index (κ1) is 13.8. The van der Waals surface area contributed by atoms with Crippen LogP contribution in [0.2, 0.25) is 0 Å². The summed E-state index contributed by atoms with van der Waals surface area (Å²) >= 11 is 7.13. The smallest absolute Gasteiger partial charge is 0.143 e. The second-order valence-electron chi connectivity index (χ2n) is 5.55. The van der Waals surface area contributed by atoms with Gasteiger partial charge in [-0.25, -0.2) is 4.98 Å². The highest BCUT2D eigenvalue weighted by Crippen LogP contribution is 2.36. The van der Waals surface area contributed by atoms with Crippen LogP contribution in [0.5, 0.6) is 0 Å². The molecule has 1 N–H and O–H groups in total. The van der Waals surface area contributed by atoms with Crippen LogP contribution in [0.1, 0.15) is 25.7 Å². The maximum absolute atomic E-state index is 4.62. The molecule has 0 bridgehead atoms. The van der Waals surface area contributed by atoms with Crippen LogP contribution in [-0.4, -0.2) is 30.7 Å². The number of aromatic nitrogens is 1. The van der Waals surface area contributed by atoms with Crippen LogP contribution in [0.4, 0.5) is 5.82 Å². The molecule has 5 heteroatoms. The van der Waals surface area contributed by atoms with Crippen molar-refractivity contribution in [2.45, 2.75) is 31.7 Å². The molecule has 104 valence electrons. The lowest BCUT2D eigenvalue weighted by atomic mass is 9.99. The second kappa shape index (κ2) is 6.10. The molecule has 1 aliphatic carbocycles. The molecule has 1 saturated heterocycles. The van der Waals surface area contributed by atoms with Crippen molar-refractivity contribution in [2.75, 3.05) is 24.5 Å². The van der Waals surface area contributed by atoms with Gasteiger partial charge in [-0.15, -0.1) is 0 Å². The normalized spacial score (nSPS) is 23.4. The Morgan fingerprint density at radius 2 is 2.16 bits per heavy atom. The molecular formula is C14H19Br2N3. The van der Waals surface area contributed by atoms with Gasteiger partial charge in [0.05, 0.1) is 4.47 Å². The van der Waals surface area contributed by atoms with E-state index in [2.05, 4.69) is 53.1 Å². The van der Waals surface area contributed by atoms with Crippen LogP contribution in [0.15, 0.2) is 21.2 Å². The molecule has 3 nitrogen and oxygen atoms in total. The zero-order valence-electron chi connectivity index (χ0n) is 10.9. The number of halogens is 2. The number of piperidine rings is 1. The highest BCUT2D eigenvalue weighted by molar-refractivity contribution is 9.11. The number of anilines is 1. The van der Waals surface area contributed by atoms with Gasteiger partial charge in [0.15, 0.2) is 0 Å². The van der Waals surface area contributed by atoms with Crippen molar-refractivity contribution in [3.8, 4) is 0 Å². The van der Waals surface area contributed by atoms with Gasteiger partial charge in [-0.2, -0.15) is 0 Å². The van der Waals surface area contributed by atoms with E-state index in [9.17, 15) is 0 Å². The average molecular weight is 389 g/mol. The predicted octanol–water partition coefficient (Wildman–Crippen LogP) is 3.58. The molecule has 0 amide bonds. The van der Waals surface area contributed by atoms with E-state index in [1.54, 1.807) is 0 Å². The number of nitrogens with one attached hydrogen (secondary N) is 1. The van der Waals surface area contributed by atoms with E-state index in [0.29, 0.717) is 6.04 Å². The summed E-state index contributed by atoms with van der Waals surface area (Å²) in [4.78, 5) is 7.12. The minimum absolute atomic E-state index is 0.701. The Bertz CT molecular complexity index is 442. The molecule has 19 heavy (non-hydrogen) atoms. The second-order valence-corrected chi connectivity index (χ2v) is 7.32. The number of hydrogen-bond donors (Lipinski definition) is 1.